The standard InChI is InChI=1S/C17H31N3O/c1-19(2)17(9-6-10-17)12-20(3)16(21)15-11-13-7-4-5-8-14(13)18-15/h13-15,18H,4-12H2,1-3H3. The third-order valence-corrected chi connectivity index (χ3v) is 6.30. The molecule has 0 radical (unpaired) electrons. The van der Waals surface area contributed by atoms with Gasteiger partial charge in [-0.15, -0.1) is 0 Å². The Morgan fingerprint density at radius 3 is 2.43 bits per heavy atom. The summed E-state index contributed by atoms with van der Waals surface area (Å²) in [5.41, 5.74) is 0.232. The highest BCUT2D eigenvalue weighted by atomic mass is 16.2. The van der Waals surface area contributed by atoms with Crippen LogP contribution in [0.4, 0.5) is 0 Å². The predicted octanol–water partition coefficient (Wildman–Crippen LogP) is 1.85. The van der Waals surface area contributed by atoms with Crippen LogP contribution in [0.25, 0.3) is 0 Å². The van der Waals surface area contributed by atoms with Crippen molar-refractivity contribution in [2.75, 3.05) is 27.7 Å². The van der Waals surface area contributed by atoms with Crippen molar-refractivity contribution in [3.63, 3.8) is 0 Å². The minimum atomic E-state index is 0.0717. The van der Waals surface area contributed by atoms with E-state index >= 15 is 0 Å². The number of fused-ring (bicyclic) bond motifs is 1. The normalized spacial score (nSPS) is 34.4. The molecule has 0 aromatic rings. The number of carbonyl (C=O) groups excluding carboxylic acids is 1. The second-order valence-corrected chi connectivity index (χ2v) is 7.77. The van der Waals surface area contributed by atoms with Gasteiger partial charge in [0.15, 0.2) is 0 Å². The molecule has 2 saturated carbocycles. The molecule has 3 aliphatic rings. The first-order valence-corrected chi connectivity index (χ1v) is 8.70. The number of carbonyl (C=O) groups is 1. The summed E-state index contributed by atoms with van der Waals surface area (Å²) in [4.78, 5) is 17.1. The van der Waals surface area contributed by atoms with Gasteiger partial charge in [0, 0.05) is 25.2 Å². The lowest BCUT2D eigenvalue weighted by atomic mass is 9.75. The number of rotatable bonds is 4. The lowest BCUT2D eigenvalue weighted by Gasteiger charge is -2.49. The number of nitrogens with one attached hydrogen (secondary N) is 1. The average molecular weight is 293 g/mol. The maximum absolute atomic E-state index is 12.8. The van der Waals surface area contributed by atoms with Crippen LogP contribution in [0.2, 0.25) is 0 Å². The molecule has 2 aliphatic carbocycles. The van der Waals surface area contributed by atoms with Crippen LogP contribution in [0.15, 0.2) is 0 Å². The van der Waals surface area contributed by atoms with E-state index in [1.807, 2.05) is 11.9 Å². The lowest BCUT2D eigenvalue weighted by Crippen LogP contribution is -2.59. The average Bonchev–Trinajstić information content (AvgIpc) is 2.85. The van der Waals surface area contributed by atoms with E-state index in [0.29, 0.717) is 11.9 Å². The minimum Gasteiger partial charge on any atom is -0.343 e. The van der Waals surface area contributed by atoms with E-state index in [1.165, 1.54) is 44.9 Å². The SMILES string of the molecule is CN(CC1(N(C)C)CCC1)C(=O)C1CC2CCCCC2N1. The molecule has 4 heteroatoms. The Balaban J connectivity index is 1.57. The van der Waals surface area contributed by atoms with Gasteiger partial charge in [-0.1, -0.05) is 12.8 Å². The molecule has 21 heavy (non-hydrogen) atoms. The summed E-state index contributed by atoms with van der Waals surface area (Å²) >= 11 is 0. The van der Waals surface area contributed by atoms with Crippen molar-refractivity contribution in [2.45, 2.75) is 69.0 Å². The van der Waals surface area contributed by atoms with Crippen LogP contribution >= 0.6 is 0 Å². The van der Waals surface area contributed by atoms with Gasteiger partial charge in [0.25, 0.3) is 0 Å². The fourth-order valence-corrected chi connectivity index (χ4v) is 4.63. The summed E-state index contributed by atoms with van der Waals surface area (Å²) in [6, 6.07) is 0.676. The number of likely N-dealkylation sites (N-methyl/N-ethyl adjacent to an activating group) is 2. The van der Waals surface area contributed by atoms with E-state index in [1.54, 1.807) is 0 Å². The van der Waals surface area contributed by atoms with Crippen LogP contribution < -0.4 is 5.32 Å². The molecule has 1 amide bonds. The number of nitrogens with zero attached hydrogens (tertiary/aromatic N) is 2. The Hall–Kier alpha value is -0.610. The summed E-state index contributed by atoms with van der Waals surface area (Å²) in [7, 11) is 6.30. The lowest BCUT2D eigenvalue weighted by molar-refractivity contribution is -0.134. The third kappa shape index (κ3) is 2.85. The maximum Gasteiger partial charge on any atom is 0.239 e. The first kappa shape index (κ1) is 15.3. The minimum absolute atomic E-state index is 0.0717. The Morgan fingerprint density at radius 1 is 1.14 bits per heavy atom. The summed E-state index contributed by atoms with van der Waals surface area (Å²) in [5.74, 6) is 1.06. The first-order valence-electron chi connectivity index (χ1n) is 8.70. The molecular formula is C17H31N3O. The molecule has 1 aliphatic heterocycles. The van der Waals surface area contributed by atoms with E-state index in [4.69, 9.17) is 0 Å². The van der Waals surface area contributed by atoms with Crippen molar-refractivity contribution in [3.8, 4) is 0 Å². The molecule has 1 saturated heterocycles. The second-order valence-electron chi connectivity index (χ2n) is 7.77. The Kier molecular flexibility index (Phi) is 4.28. The number of hydrogen-bond acceptors (Lipinski definition) is 3. The van der Waals surface area contributed by atoms with E-state index < -0.39 is 0 Å². The van der Waals surface area contributed by atoms with Crippen molar-refractivity contribution in [3.05, 3.63) is 0 Å². The Bertz CT molecular complexity index is 377. The molecule has 3 atom stereocenters. The fourth-order valence-electron chi connectivity index (χ4n) is 4.63. The van der Waals surface area contributed by atoms with E-state index in [-0.39, 0.29) is 11.6 Å². The molecule has 3 fully saturated rings. The van der Waals surface area contributed by atoms with Crippen molar-refractivity contribution in [1.29, 1.82) is 0 Å². The van der Waals surface area contributed by atoms with E-state index in [9.17, 15) is 4.79 Å². The third-order valence-electron chi connectivity index (χ3n) is 6.30. The zero-order valence-corrected chi connectivity index (χ0v) is 13.9. The monoisotopic (exact) mass is 293 g/mol. The topological polar surface area (TPSA) is 35.6 Å². The number of amides is 1. The molecule has 4 nitrogen and oxygen atoms in total. The van der Waals surface area contributed by atoms with Crippen LogP contribution in [0.3, 0.4) is 0 Å². The van der Waals surface area contributed by atoms with E-state index in [0.717, 1.165) is 18.9 Å². The molecular weight excluding hydrogens is 262 g/mol. The second kappa shape index (κ2) is 5.88. The fraction of sp³-hybridized carbons (Fsp3) is 0.941. The van der Waals surface area contributed by atoms with Crippen LogP contribution in [0, 0.1) is 5.92 Å². The first-order chi connectivity index (χ1) is 10.0. The van der Waals surface area contributed by atoms with Gasteiger partial charge in [0.1, 0.15) is 0 Å². The highest BCUT2D eigenvalue weighted by molar-refractivity contribution is 5.82. The van der Waals surface area contributed by atoms with Crippen molar-refractivity contribution in [1.82, 2.24) is 15.1 Å². The predicted molar refractivity (Wildman–Crippen MR) is 85.2 cm³/mol. The molecule has 0 aromatic carbocycles. The largest absolute Gasteiger partial charge is 0.343 e. The number of hydrogen-bond donors (Lipinski definition) is 1. The molecule has 3 rings (SSSR count). The van der Waals surface area contributed by atoms with Gasteiger partial charge in [-0.3, -0.25) is 4.79 Å². The van der Waals surface area contributed by atoms with Gasteiger partial charge in [0.2, 0.25) is 5.91 Å². The molecule has 1 N–H and O–H groups in total. The highest BCUT2D eigenvalue weighted by Gasteiger charge is 2.43. The van der Waals surface area contributed by atoms with Gasteiger partial charge in [-0.2, -0.15) is 0 Å². The smallest absolute Gasteiger partial charge is 0.239 e. The van der Waals surface area contributed by atoms with E-state index in [2.05, 4.69) is 24.3 Å². The molecule has 0 aromatic heterocycles. The van der Waals surface area contributed by atoms with Crippen molar-refractivity contribution in [2.24, 2.45) is 5.92 Å². The molecule has 0 bridgehead atoms. The summed E-state index contributed by atoms with van der Waals surface area (Å²) in [5, 5.41) is 3.62. The quantitative estimate of drug-likeness (QED) is 0.859. The van der Waals surface area contributed by atoms with Gasteiger partial charge in [-0.05, 0) is 58.5 Å². The summed E-state index contributed by atoms with van der Waals surface area (Å²) in [6.07, 6.45) is 10.1. The van der Waals surface area contributed by atoms with Crippen molar-refractivity contribution >= 4 is 5.91 Å². The maximum atomic E-state index is 12.8. The molecule has 0 spiro atoms. The Morgan fingerprint density at radius 2 is 1.86 bits per heavy atom. The summed E-state index contributed by atoms with van der Waals surface area (Å²) < 4.78 is 0. The zero-order valence-electron chi connectivity index (χ0n) is 13.9. The van der Waals surface area contributed by atoms with Gasteiger partial charge in [0.05, 0.1) is 6.04 Å². The highest BCUT2D eigenvalue weighted by Crippen LogP contribution is 2.37. The van der Waals surface area contributed by atoms with Crippen LogP contribution in [0.5, 0.6) is 0 Å². The van der Waals surface area contributed by atoms with Gasteiger partial charge < -0.3 is 15.1 Å². The molecule has 120 valence electrons. The van der Waals surface area contributed by atoms with Crippen LogP contribution in [0.1, 0.15) is 51.4 Å². The van der Waals surface area contributed by atoms with Crippen LogP contribution in [-0.2, 0) is 4.79 Å². The van der Waals surface area contributed by atoms with Gasteiger partial charge >= 0.3 is 0 Å². The van der Waals surface area contributed by atoms with Crippen LogP contribution in [-0.4, -0.2) is 61.0 Å². The summed E-state index contributed by atoms with van der Waals surface area (Å²) in [6.45, 7) is 0.881. The van der Waals surface area contributed by atoms with Crippen molar-refractivity contribution < 1.29 is 4.79 Å². The molecule has 1 heterocycles. The van der Waals surface area contributed by atoms with Gasteiger partial charge in [-0.25, -0.2) is 0 Å². The Labute approximate surface area is 129 Å². The zero-order chi connectivity index (χ0) is 15.0. The molecule has 3 unspecified atom stereocenters.